The smallest absolute Gasteiger partial charge is 0.0639 e. The van der Waals surface area contributed by atoms with Crippen molar-refractivity contribution < 1.29 is 0 Å². The Bertz CT molecular complexity index is 347. The third-order valence-electron chi connectivity index (χ3n) is 1.68. The third-order valence-corrected chi connectivity index (χ3v) is 2.30. The molecule has 0 saturated heterocycles. The molecule has 0 amide bonds. The largest absolute Gasteiger partial charge is 0.318 e. The zero-order valence-corrected chi connectivity index (χ0v) is 9.40. The fourth-order valence-corrected chi connectivity index (χ4v) is 1.62. The van der Waals surface area contributed by atoms with Gasteiger partial charge in [0.25, 0.3) is 0 Å². The second-order valence-electron chi connectivity index (χ2n) is 3.19. The van der Waals surface area contributed by atoms with Crippen LogP contribution >= 0.6 is 11.8 Å². The molecule has 14 heavy (non-hydrogen) atoms. The molecule has 0 aromatic heterocycles. The van der Waals surface area contributed by atoms with Crippen LogP contribution in [0.4, 0.5) is 0 Å². The highest BCUT2D eigenvalue weighted by molar-refractivity contribution is 7.97. The van der Waals surface area contributed by atoms with Gasteiger partial charge in [-0.05, 0) is 30.9 Å². The summed E-state index contributed by atoms with van der Waals surface area (Å²) in [7, 11) is 0. The van der Waals surface area contributed by atoms with Crippen LogP contribution in [0.15, 0.2) is 24.3 Å². The first-order valence-electron chi connectivity index (χ1n) is 4.57. The van der Waals surface area contributed by atoms with Gasteiger partial charge < -0.3 is 5.73 Å². The van der Waals surface area contributed by atoms with Crippen LogP contribution in [0.25, 0.3) is 0 Å². The maximum atomic E-state index is 5.56. The highest BCUT2D eigenvalue weighted by Crippen LogP contribution is 2.10. The van der Waals surface area contributed by atoms with Gasteiger partial charge in [0.1, 0.15) is 0 Å². The molecule has 0 spiro atoms. The first-order chi connectivity index (χ1) is 6.72. The molecule has 1 aromatic rings. The molecule has 0 aliphatic carbocycles. The molecule has 0 saturated carbocycles. The molecular weight excluding hydrogens is 190 g/mol. The molecule has 0 aliphatic rings. The lowest BCUT2D eigenvalue weighted by atomic mass is 10.1. The van der Waals surface area contributed by atoms with Gasteiger partial charge in [0.15, 0.2) is 0 Å². The van der Waals surface area contributed by atoms with Gasteiger partial charge >= 0.3 is 0 Å². The van der Waals surface area contributed by atoms with Gasteiger partial charge in [0.2, 0.25) is 0 Å². The van der Waals surface area contributed by atoms with Gasteiger partial charge in [-0.2, -0.15) is 11.8 Å². The normalized spacial score (nSPS) is 11.6. The van der Waals surface area contributed by atoms with Gasteiger partial charge in [-0.25, -0.2) is 0 Å². The van der Waals surface area contributed by atoms with Crippen molar-refractivity contribution in [2.45, 2.75) is 18.7 Å². The summed E-state index contributed by atoms with van der Waals surface area (Å²) >= 11 is 1.81. The van der Waals surface area contributed by atoms with Crippen LogP contribution in [-0.2, 0) is 5.75 Å². The fourth-order valence-electron chi connectivity index (χ4n) is 1.10. The Balaban J connectivity index is 2.79. The van der Waals surface area contributed by atoms with E-state index < -0.39 is 0 Å². The molecule has 1 nitrogen and oxygen atoms in total. The van der Waals surface area contributed by atoms with E-state index in [0.29, 0.717) is 0 Å². The summed E-state index contributed by atoms with van der Waals surface area (Å²) in [6.07, 6.45) is 2.10. The Labute approximate surface area is 90.1 Å². The van der Waals surface area contributed by atoms with Crippen LogP contribution in [0.5, 0.6) is 0 Å². The summed E-state index contributed by atoms with van der Waals surface area (Å²) in [6.45, 7) is 1.89. The zero-order valence-electron chi connectivity index (χ0n) is 8.58. The second kappa shape index (κ2) is 5.74. The lowest BCUT2D eigenvalue weighted by molar-refractivity contribution is 0.959. The molecule has 1 aromatic carbocycles. The monoisotopic (exact) mass is 205 g/mol. The molecule has 0 radical (unpaired) electrons. The van der Waals surface area contributed by atoms with Crippen molar-refractivity contribution in [3.8, 4) is 11.8 Å². The predicted molar refractivity (Wildman–Crippen MR) is 64.2 cm³/mol. The Hall–Kier alpha value is -0.910. The van der Waals surface area contributed by atoms with Gasteiger partial charge in [0, 0.05) is 11.3 Å². The van der Waals surface area contributed by atoms with Crippen molar-refractivity contribution in [3.63, 3.8) is 0 Å². The van der Waals surface area contributed by atoms with Crippen molar-refractivity contribution in [2.24, 2.45) is 5.73 Å². The molecule has 0 fully saturated rings. The van der Waals surface area contributed by atoms with Gasteiger partial charge in [-0.1, -0.05) is 24.0 Å². The minimum atomic E-state index is -0.0563. The summed E-state index contributed by atoms with van der Waals surface area (Å²) in [5, 5.41) is 0. The summed E-state index contributed by atoms with van der Waals surface area (Å²) in [5.41, 5.74) is 7.92. The zero-order chi connectivity index (χ0) is 10.4. The Morgan fingerprint density at radius 3 is 2.93 bits per heavy atom. The Morgan fingerprint density at radius 1 is 1.50 bits per heavy atom. The summed E-state index contributed by atoms with van der Waals surface area (Å²) < 4.78 is 0. The number of hydrogen-bond acceptors (Lipinski definition) is 2. The van der Waals surface area contributed by atoms with E-state index in [-0.39, 0.29) is 6.04 Å². The van der Waals surface area contributed by atoms with Crippen LogP contribution in [0.3, 0.4) is 0 Å². The van der Waals surface area contributed by atoms with E-state index in [4.69, 9.17) is 5.73 Å². The van der Waals surface area contributed by atoms with Crippen LogP contribution in [-0.4, -0.2) is 12.3 Å². The van der Waals surface area contributed by atoms with Crippen LogP contribution in [0, 0.1) is 11.8 Å². The number of rotatable bonds is 2. The van der Waals surface area contributed by atoms with Crippen molar-refractivity contribution in [2.75, 3.05) is 6.26 Å². The van der Waals surface area contributed by atoms with E-state index in [1.54, 1.807) is 0 Å². The maximum absolute atomic E-state index is 5.56. The van der Waals surface area contributed by atoms with Crippen LogP contribution < -0.4 is 5.73 Å². The second-order valence-corrected chi connectivity index (χ2v) is 4.06. The van der Waals surface area contributed by atoms with E-state index in [9.17, 15) is 0 Å². The third kappa shape index (κ3) is 3.87. The van der Waals surface area contributed by atoms with Gasteiger partial charge in [-0.15, -0.1) is 0 Å². The number of thioether (sulfide) groups is 1. The van der Waals surface area contributed by atoms with E-state index in [2.05, 4.69) is 30.2 Å². The molecular formula is C12H15NS. The maximum Gasteiger partial charge on any atom is 0.0639 e. The molecule has 1 unspecified atom stereocenters. The van der Waals surface area contributed by atoms with Crippen molar-refractivity contribution in [1.82, 2.24) is 0 Å². The minimum Gasteiger partial charge on any atom is -0.318 e. The number of nitrogens with two attached hydrogens (primary N) is 1. The predicted octanol–water partition coefficient (Wildman–Crippen LogP) is 2.25. The highest BCUT2D eigenvalue weighted by atomic mass is 32.2. The molecule has 74 valence electrons. The first-order valence-corrected chi connectivity index (χ1v) is 5.97. The molecule has 2 N–H and O–H groups in total. The molecule has 0 bridgehead atoms. The quantitative estimate of drug-likeness (QED) is 0.749. The minimum absolute atomic E-state index is 0.0563. The molecule has 1 atom stereocenters. The number of hydrogen-bond donors (Lipinski definition) is 1. The fraction of sp³-hybridized carbons (Fsp3) is 0.333. The summed E-state index contributed by atoms with van der Waals surface area (Å²) in [6, 6.07) is 8.23. The van der Waals surface area contributed by atoms with Crippen LogP contribution in [0.1, 0.15) is 18.1 Å². The Kier molecular flexibility index (Phi) is 4.58. The molecule has 1 rings (SSSR count). The summed E-state index contributed by atoms with van der Waals surface area (Å²) in [5.74, 6) is 7.05. The molecule has 0 heterocycles. The first kappa shape index (κ1) is 11.2. The van der Waals surface area contributed by atoms with Gasteiger partial charge in [-0.3, -0.25) is 0 Å². The average molecular weight is 205 g/mol. The van der Waals surface area contributed by atoms with Gasteiger partial charge in [0.05, 0.1) is 6.04 Å². The Morgan fingerprint density at radius 2 is 2.29 bits per heavy atom. The standard InChI is InChI=1S/C12H15NS/c1-10(13)6-7-11-4-3-5-12(8-11)9-14-2/h3-5,8,10H,9,13H2,1-2H3. The van der Waals surface area contributed by atoms with E-state index >= 15 is 0 Å². The number of benzene rings is 1. The lowest BCUT2D eigenvalue weighted by Gasteiger charge is -1.98. The topological polar surface area (TPSA) is 26.0 Å². The van der Waals surface area contributed by atoms with E-state index in [0.717, 1.165) is 11.3 Å². The average Bonchev–Trinajstić information content (AvgIpc) is 2.16. The molecule has 2 heteroatoms. The summed E-state index contributed by atoms with van der Waals surface area (Å²) in [4.78, 5) is 0. The van der Waals surface area contributed by atoms with Crippen LogP contribution in [0.2, 0.25) is 0 Å². The molecule has 0 aliphatic heterocycles. The van der Waals surface area contributed by atoms with Crippen molar-refractivity contribution in [3.05, 3.63) is 35.4 Å². The van der Waals surface area contributed by atoms with Crippen molar-refractivity contribution in [1.29, 1.82) is 0 Å². The van der Waals surface area contributed by atoms with Crippen molar-refractivity contribution >= 4 is 11.8 Å². The van der Waals surface area contributed by atoms with E-state index in [1.165, 1.54) is 5.56 Å². The SMILES string of the molecule is CSCc1cccc(C#CC(C)N)c1. The lowest BCUT2D eigenvalue weighted by Crippen LogP contribution is -2.10. The van der Waals surface area contributed by atoms with E-state index in [1.807, 2.05) is 30.8 Å². The highest BCUT2D eigenvalue weighted by Gasteiger charge is 1.92.